The Morgan fingerprint density at radius 3 is 2.54 bits per heavy atom. The summed E-state index contributed by atoms with van der Waals surface area (Å²) in [7, 11) is 0. The molecule has 1 aliphatic heterocycles. The molecule has 0 bridgehead atoms. The molecule has 0 aromatic heterocycles. The van der Waals surface area contributed by atoms with Crippen molar-refractivity contribution in [2.75, 3.05) is 4.90 Å². The van der Waals surface area contributed by atoms with Crippen molar-refractivity contribution in [1.82, 2.24) is 5.32 Å². The van der Waals surface area contributed by atoms with Crippen LogP contribution in [0.3, 0.4) is 0 Å². The highest BCUT2D eigenvalue weighted by atomic mass is 35.5. The number of amides is 1. The molecule has 1 fully saturated rings. The summed E-state index contributed by atoms with van der Waals surface area (Å²) >= 11 is 6.08. The summed E-state index contributed by atoms with van der Waals surface area (Å²) in [5.41, 5.74) is 2.13. The Bertz CT molecular complexity index is 812. The van der Waals surface area contributed by atoms with E-state index in [1.54, 1.807) is 17.0 Å². The van der Waals surface area contributed by atoms with E-state index >= 15 is 0 Å². The van der Waals surface area contributed by atoms with Gasteiger partial charge < -0.3 is 5.32 Å². The molecule has 0 spiro atoms. The zero-order chi connectivity index (χ0) is 17.1. The maximum Gasteiger partial charge on any atom is 0.281 e. The Kier molecular flexibility index (Phi) is 4.67. The molecule has 1 amide bonds. The Morgan fingerprint density at radius 1 is 1.12 bits per heavy atom. The minimum atomic E-state index is -0.152. The van der Waals surface area contributed by atoms with Crippen LogP contribution in [0.25, 0.3) is 6.08 Å². The lowest BCUT2D eigenvalue weighted by Gasteiger charge is -2.16. The summed E-state index contributed by atoms with van der Waals surface area (Å²) < 4.78 is 0. The van der Waals surface area contributed by atoms with Crippen molar-refractivity contribution >= 4 is 35.2 Å². The molecule has 1 saturated heterocycles. The lowest BCUT2D eigenvalue weighted by Crippen LogP contribution is -2.33. The summed E-state index contributed by atoms with van der Waals surface area (Å²) in [5, 5.41) is 3.71. The van der Waals surface area contributed by atoms with Crippen LogP contribution < -0.4 is 10.2 Å². The maximum absolute atomic E-state index is 12.9. The van der Waals surface area contributed by atoms with E-state index in [-0.39, 0.29) is 11.9 Å². The molecule has 1 aliphatic rings. The van der Waals surface area contributed by atoms with E-state index in [1.807, 2.05) is 62.4 Å². The Morgan fingerprint density at radius 2 is 1.88 bits per heavy atom. The van der Waals surface area contributed by atoms with Crippen LogP contribution in [0, 0.1) is 0 Å². The number of hydrogen-bond donors (Lipinski definition) is 1. The molecule has 0 atom stereocenters. The van der Waals surface area contributed by atoms with Gasteiger partial charge >= 0.3 is 0 Å². The molecule has 2 aromatic carbocycles. The fraction of sp³-hybridized carbons (Fsp3) is 0.158. The molecular formula is C19H18ClN3O. The first-order valence-electron chi connectivity index (χ1n) is 7.76. The number of anilines is 1. The van der Waals surface area contributed by atoms with Crippen molar-refractivity contribution in [3.05, 3.63) is 70.9 Å². The minimum Gasteiger partial charge on any atom is -0.321 e. The second kappa shape index (κ2) is 6.89. The van der Waals surface area contributed by atoms with E-state index in [9.17, 15) is 4.79 Å². The fourth-order valence-corrected chi connectivity index (χ4v) is 2.63. The third-order valence-electron chi connectivity index (χ3n) is 3.45. The normalized spacial score (nSPS) is 17.8. The van der Waals surface area contributed by atoms with Crippen molar-refractivity contribution in [3.8, 4) is 0 Å². The Balaban J connectivity index is 2.03. The molecule has 1 heterocycles. The molecule has 0 saturated carbocycles. The predicted octanol–water partition coefficient (Wildman–Crippen LogP) is 4.08. The summed E-state index contributed by atoms with van der Waals surface area (Å²) in [6, 6.07) is 16.9. The first-order chi connectivity index (χ1) is 11.5. The monoisotopic (exact) mass is 339 g/mol. The molecule has 5 heteroatoms. The van der Waals surface area contributed by atoms with Gasteiger partial charge in [0.15, 0.2) is 0 Å². The summed E-state index contributed by atoms with van der Waals surface area (Å²) in [6.45, 7) is 3.93. The van der Waals surface area contributed by atoms with Crippen LogP contribution in [-0.4, -0.2) is 17.9 Å². The summed E-state index contributed by atoms with van der Waals surface area (Å²) in [4.78, 5) is 19.0. The lowest BCUT2D eigenvalue weighted by atomic mass is 10.2. The van der Waals surface area contributed by atoms with Gasteiger partial charge in [-0.05, 0) is 43.7 Å². The van der Waals surface area contributed by atoms with Crippen LogP contribution in [0.4, 0.5) is 5.69 Å². The number of carbonyl (C=O) groups excluding carboxylic acids is 1. The van der Waals surface area contributed by atoms with Gasteiger partial charge in [-0.15, -0.1) is 0 Å². The summed E-state index contributed by atoms with van der Waals surface area (Å²) in [6.07, 6.45) is 1.82. The number of carbonyl (C=O) groups is 1. The molecule has 0 radical (unpaired) electrons. The number of guanidine groups is 1. The molecule has 0 aliphatic carbocycles. The number of rotatable bonds is 3. The zero-order valence-corrected chi connectivity index (χ0v) is 14.3. The smallest absolute Gasteiger partial charge is 0.281 e. The molecule has 122 valence electrons. The van der Waals surface area contributed by atoms with Gasteiger partial charge in [-0.2, -0.15) is 0 Å². The van der Waals surface area contributed by atoms with E-state index in [1.165, 1.54) is 0 Å². The van der Waals surface area contributed by atoms with Crippen LogP contribution in [0.15, 0.2) is 65.3 Å². The minimum absolute atomic E-state index is 0.0538. The number of halogens is 1. The molecule has 3 rings (SSSR count). The molecule has 4 nitrogen and oxygen atoms in total. The van der Waals surface area contributed by atoms with E-state index in [4.69, 9.17) is 11.6 Å². The lowest BCUT2D eigenvalue weighted by molar-refractivity contribution is -0.113. The van der Waals surface area contributed by atoms with Crippen LogP contribution in [-0.2, 0) is 4.79 Å². The standard InChI is InChI=1S/C19H18ClN3O/c1-13(2)21-19-22-17(11-14-7-4-3-5-8-14)18(24)23(19)16-10-6-9-15(20)12-16/h3-13H,1-2H3,(H,21,22)/b17-11+. The SMILES string of the molecule is CC(C)N=C1N/C(=C/c2ccccc2)C(=O)N1c1cccc(Cl)c1. The van der Waals surface area contributed by atoms with Crippen LogP contribution in [0.2, 0.25) is 5.02 Å². The van der Waals surface area contributed by atoms with Crippen molar-refractivity contribution in [3.63, 3.8) is 0 Å². The van der Waals surface area contributed by atoms with Gasteiger partial charge in [-0.3, -0.25) is 4.79 Å². The van der Waals surface area contributed by atoms with E-state index in [0.717, 1.165) is 5.56 Å². The molecule has 0 unspecified atom stereocenters. The van der Waals surface area contributed by atoms with Gasteiger partial charge in [-0.1, -0.05) is 48.0 Å². The first kappa shape index (κ1) is 16.3. The Labute approximate surface area is 146 Å². The van der Waals surface area contributed by atoms with Crippen molar-refractivity contribution < 1.29 is 4.79 Å². The number of nitrogens with zero attached hydrogens (tertiary/aromatic N) is 2. The number of aliphatic imine (C=N–C) groups is 1. The van der Waals surface area contributed by atoms with Crippen LogP contribution in [0.1, 0.15) is 19.4 Å². The number of benzene rings is 2. The van der Waals surface area contributed by atoms with Crippen molar-refractivity contribution in [2.45, 2.75) is 19.9 Å². The van der Waals surface area contributed by atoms with Crippen molar-refractivity contribution in [1.29, 1.82) is 0 Å². The van der Waals surface area contributed by atoms with E-state index in [0.29, 0.717) is 22.4 Å². The van der Waals surface area contributed by atoms with Gasteiger partial charge in [0, 0.05) is 11.1 Å². The predicted molar refractivity (Wildman–Crippen MR) is 99.1 cm³/mol. The molecule has 24 heavy (non-hydrogen) atoms. The van der Waals surface area contributed by atoms with E-state index in [2.05, 4.69) is 10.3 Å². The largest absolute Gasteiger partial charge is 0.321 e. The average molecular weight is 340 g/mol. The second-order valence-corrected chi connectivity index (χ2v) is 6.20. The second-order valence-electron chi connectivity index (χ2n) is 5.76. The van der Waals surface area contributed by atoms with Gasteiger partial charge in [0.05, 0.1) is 5.69 Å². The molecular weight excluding hydrogens is 322 g/mol. The quantitative estimate of drug-likeness (QED) is 0.856. The van der Waals surface area contributed by atoms with Crippen LogP contribution in [0.5, 0.6) is 0 Å². The molecule has 1 N–H and O–H groups in total. The highest BCUT2D eigenvalue weighted by molar-refractivity contribution is 6.32. The highest BCUT2D eigenvalue weighted by Gasteiger charge is 2.33. The number of nitrogens with one attached hydrogen (secondary N) is 1. The zero-order valence-electron chi connectivity index (χ0n) is 13.5. The third kappa shape index (κ3) is 3.49. The summed E-state index contributed by atoms with van der Waals surface area (Å²) in [5.74, 6) is 0.361. The van der Waals surface area contributed by atoms with E-state index < -0.39 is 0 Å². The van der Waals surface area contributed by atoms with Crippen LogP contribution >= 0.6 is 11.6 Å². The average Bonchev–Trinajstić information content (AvgIpc) is 2.83. The highest BCUT2D eigenvalue weighted by Crippen LogP contribution is 2.25. The topological polar surface area (TPSA) is 44.7 Å². The molecule has 2 aromatic rings. The first-order valence-corrected chi connectivity index (χ1v) is 8.14. The van der Waals surface area contributed by atoms with Gasteiger partial charge in [-0.25, -0.2) is 9.89 Å². The number of hydrogen-bond acceptors (Lipinski definition) is 2. The van der Waals surface area contributed by atoms with Crippen molar-refractivity contribution in [2.24, 2.45) is 4.99 Å². The van der Waals surface area contributed by atoms with Gasteiger partial charge in [0.25, 0.3) is 5.91 Å². The maximum atomic E-state index is 12.9. The van der Waals surface area contributed by atoms with Gasteiger partial charge in [0.2, 0.25) is 5.96 Å². The fourth-order valence-electron chi connectivity index (χ4n) is 2.45. The van der Waals surface area contributed by atoms with Gasteiger partial charge in [0.1, 0.15) is 5.70 Å². The Hall–Kier alpha value is -2.59. The third-order valence-corrected chi connectivity index (χ3v) is 3.68.